The van der Waals surface area contributed by atoms with E-state index in [-0.39, 0.29) is 5.56 Å². The van der Waals surface area contributed by atoms with Gasteiger partial charge in [-0.1, -0.05) is 12.1 Å². The van der Waals surface area contributed by atoms with Gasteiger partial charge in [0, 0.05) is 23.9 Å². The zero-order valence-electron chi connectivity index (χ0n) is 11.8. The van der Waals surface area contributed by atoms with Crippen molar-refractivity contribution in [2.24, 2.45) is 7.05 Å². The van der Waals surface area contributed by atoms with Crippen LogP contribution in [0.15, 0.2) is 38.3 Å². The fraction of sp³-hybridized carbons (Fsp3) is 0.250. The van der Waals surface area contributed by atoms with Crippen molar-refractivity contribution in [3.05, 3.63) is 56.2 Å². The maximum Gasteiger partial charge on any atom is 0.339 e. The van der Waals surface area contributed by atoms with Crippen molar-refractivity contribution in [1.29, 1.82) is 0 Å². The molecule has 21 heavy (non-hydrogen) atoms. The molecule has 0 amide bonds. The third kappa shape index (κ3) is 1.98. The summed E-state index contributed by atoms with van der Waals surface area (Å²) in [7, 11) is 1.72. The van der Waals surface area contributed by atoms with Gasteiger partial charge in [-0.15, -0.1) is 11.6 Å². The molecule has 2 aromatic heterocycles. The minimum atomic E-state index is -0.418. The summed E-state index contributed by atoms with van der Waals surface area (Å²) in [6.45, 7) is 1.78. The van der Waals surface area contributed by atoms with Crippen LogP contribution in [0.4, 0.5) is 0 Å². The van der Waals surface area contributed by atoms with Crippen molar-refractivity contribution < 1.29 is 4.42 Å². The Morgan fingerprint density at radius 2 is 1.95 bits per heavy atom. The summed E-state index contributed by atoms with van der Waals surface area (Å²) in [5.74, 6) is 0.311. The van der Waals surface area contributed by atoms with Gasteiger partial charge >= 0.3 is 5.63 Å². The van der Waals surface area contributed by atoms with Crippen molar-refractivity contribution in [3.8, 4) is 0 Å². The summed E-state index contributed by atoms with van der Waals surface area (Å²) >= 11 is 5.73. The van der Waals surface area contributed by atoms with Crippen LogP contribution in [-0.4, -0.2) is 10.4 Å². The number of para-hydroxylation sites is 1. The molecule has 0 N–H and O–H groups in total. The van der Waals surface area contributed by atoms with E-state index in [4.69, 9.17) is 16.0 Å². The molecule has 0 fully saturated rings. The lowest BCUT2D eigenvalue weighted by Crippen LogP contribution is -2.21. The molecule has 0 atom stereocenters. The van der Waals surface area contributed by atoms with Crippen LogP contribution in [0.2, 0.25) is 0 Å². The quantitative estimate of drug-likeness (QED) is 0.540. The van der Waals surface area contributed by atoms with E-state index < -0.39 is 5.63 Å². The third-order valence-corrected chi connectivity index (χ3v) is 4.06. The summed E-state index contributed by atoms with van der Waals surface area (Å²) < 4.78 is 7.03. The van der Waals surface area contributed by atoms with Crippen LogP contribution >= 0.6 is 11.6 Å². The molecule has 0 bridgehead atoms. The van der Waals surface area contributed by atoms with Crippen molar-refractivity contribution in [2.75, 3.05) is 5.88 Å². The van der Waals surface area contributed by atoms with E-state index in [2.05, 4.69) is 0 Å². The number of halogens is 1. The Hall–Kier alpha value is -2.07. The molecule has 0 spiro atoms. The fourth-order valence-corrected chi connectivity index (χ4v) is 2.94. The van der Waals surface area contributed by atoms with Gasteiger partial charge in [-0.3, -0.25) is 4.79 Å². The molecule has 0 radical (unpaired) electrons. The molecular weight excluding hydrogens is 290 g/mol. The molecule has 0 saturated heterocycles. The van der Waals surface area contributed by atoms with Crippen molar-refractivity contribution >= 4 is 33.5 Å². The Bertz CT molecular complexity index is 969. The first kappa shape index (κ1) is 13.9. The van der Waals surface area contributed by atoms with Gasteiger partial charge < -0.3 is 8.98 Å². The van der Waals surface area contributed by atoms with Crippen LogP contribution in [0.5, 0.6) is 0 Å². The molecule has 1 aromatic carbocycles. The van der Waals surface area contributed by atoms with Crippen molar-refractivity contribution in [2.45, 2.75) is 13.3 Å². The molecular formula is C16H14ClNO3. The van der Waals surface area contributed by atoms with Gasteiger partial charge in [0.25, 0.3) is 5.56 Å². The van der Waals surface area contributed by atoms with E-state index >= 15 is 0 Å². The maximum atomic E-state index is 12.6. The lowest BCUT2D eigenvalue weighted by atomic mass is 10.0. The second-order valence-corrected chi connectivity index (χ2v) is 5.40. The minimum absolute atomic E-state index is 0.166. The summed E-state index contributed by atoms with van der Waals surface area (Å²) in [5.41, 5.74) is 1.65. The van der Waals surface area contributed by atoms with Crippen LogP contribution in [0.1, 0.15) is 11.1 Å². The number of rotatable bonds is 2. The molecule has 0 aliphatic carbocycles. The van der Waals surface area contributed by atoms with Gasteiger partial charge in [0.05, 0.1) is 10.9 Å². The second kappa shape index (κ2) is 5.04. The SMILES string of the molecule is Cc1c(CCCl)c(=O)oc2c1c(=O)n(C)c1ccccc21. The number of aryl methyl sites for hydroxylation is 2. The van der Waals surface area contributed by atoms with E-state index in [0.29, 0.717) is 34.4 Å². The third-order valence-electron chi connectivity index (χ3n) is 3.87. The smallest absolute Gasteiger partial charge is 0.339 e. The molecule has 5 heteroatoms. The average molecular weight is 304 g/mol. The molecule has 0 aliphatic heterocycles. The van der Waals surface area contributed by atoms with Crippen molar-refractivity contribution in [1.82, 2.24) is 4.57 Å². The van der Waals surface area contributed by atoms with E-state index in [1.54, 1.807) is 18.5 Å². The van der Waals surface area contributed by atoms with Gasteiger partial charge in [-0.2, -0.15) is 0 Å². The largest absolute Gasteiger partial charge is 0.422 e. The first-order valence-corrected chi connectivity index (χ1v) is 7.19. The van der Waals surface area contributed by atoms with E-state index in [9.17, 15) is 9.59 Å². The normalized spacial score (nSPS) is 11.4. The topological polar surface area (TPSA) is 52.2 Å². The zero-order valence-corrected chi connectivity index (χ0v) is 12.5. The van der Waals surface area contributed by atoms with Crippen LogP contribution in [0.3, 0.4) is 0 Å². The Morgan fingerprint density at radius 3 is 2.67 bits per heavy atom. The number of hydrogen-bond acceptors (Lipinski definition) is 3. The number of nitrogens with zero attached hydrogens (tertiary/aromatic N) is 1. The Labute approximate surface area is 125 Å². The monoisotopic (exact) mass is 303 g/mol. The molecule has 4 nitrogen and oxygen atoms in total. The summed E-state index contributed by atoms with van der Waals surface area (Å²) in [6.07, 6.45) is 0.391. The molecule has 108 valence electrons. The number of fused-ring (bicyclic) bond motifs is 3. The molecule has 3 aromatic rings. The number of benzene rings is 1. The van der Waals surface area contributed by atoms with Gasteiger partial charge in [-0.05, 0) is 31.0 Å². The molecule has 2 heterocycles. The van der Waals surface area contributed by atoms with E-state index in [0.717, 1.165) is 10.9 Å². The first-order chi connectivity index (χ1) is 10.1. The highest BCUT2D eigenvalue weighted by Crippen LogP contribution is 2.24. The highest BCUT2D eigenvalue weighted by Gasteiger charge is 2.17. The summed E-state index contributed by atoms with van der Waals surface area (Å²) in [4.78, 5) is 24.7. The van der Waals surface area contributed by atoms with Gasteiger partial charge in [-0.25, -0.2) is 4.79 Å². The molecule has 3 rings (SSSR count). The first-order valence-electron chi connectivity index (χ1n) is 6.66. The van der Waals surface area contributed by atoms with E-state index in [1.807, 2.05) is 24.3 Å². The van der Waals surface area contributed by atoms with E-state index in [1.165, 1.54) is 0 Å². The number of alkyl halides is 1. The van der Waals surface area contributed by atoms with Gasteiger partial charge in [0.2, 0.25) is 0 Å². The fourth-order valence-electron chi connectivity index (χ4n) is 2.75. The molecule has 0 unspecified atom stereocenters. The van der Waals surface area contributed by atoms with Crippen LogP contribution in [-0.2, 0) is 13.5 Å². The lowest BCUT2D eigenvalue weighted by molar-refractivity contribution is 0.552. The maximum absolute atomic E-state index is 12.6. The number of pyridine rings is 1. The highest BCUT2D eigenvalue weighted by molar-refractivity contribution is 6.18. The molecule has 0 aliphatic rings. The van der Waals surface area contributed by atoms with Gasteiger partial charge in [0.1, 0.15) is 0 Å². The number of aromatic nitrogens is 1. The van der Waals surface area contributed by atoms with Crippen molar-refractivity contribution in [3.63, 3.8) is 0 Å². The summed E-state index contributed by atoms with van der Waals surface area (Å²) in [6, 6.07) is 7.38. The van der Waals surface area contributed by atoms with Crippen LogP contribution in [0.25, 0.3) is 21.9 Å². The zero-order chi connectivity index (χ0) is 15.1. The average Bonchev–Trinajstić information content (AvgIpc) is 2.48. The standard InChI is InChI=1S/C16H14ClNO3/c1-9-10(7-8-17)16(20)21-14-11-5-3-4-6-12(11)18(2)15(19)13(9)14/h3-6H,7-8H2,1-2H3. The number of hydrogen-bond donors (Lipinski definition) is 0. The van der Waals surface area contributed by atoms with Crippen LogP contribution in [0, 0.1) is 6.92 Å². The Kier molecular flexibility index (Phi) is 3.33. The Morgan fingerprint density at radius 1 is 1.24 bits per heavy atom. The molecule has 0 saturated carbocycles. The van der Waals surface area contributed by atoms with Crippen LogP contribution < -0.4 is 11.2 Å². The highest BCUT2D eigenvalue weighted by atomic mass is 35.5. The summed E-state index contributed by atoms with van der Waals surface area (Å²) in [5, 5.41) is 1.21. The second-order valence-electron chi connectivity index (χ2n) is 5.02. The lowest BCUT2D eigenvalue weighted by Gasteiger charge is -2.11. The predicted octanol–water partition coefficient (Wildman–Crippen LogP) is 2.73. The minimum Gasteiger partial charge on any atom is -0.422 e. The Balaban J connectivity index is 2.63. The predicted molar refractivity (Wildman–Crippen MR) is 84.4 cm³/mol. The van der Waals surface area contributed by atoms with Gasteiger partial charge in [0.15, 0.2) is 5.58 Å².